The fraction of sp³-hybridized carbons (Fsp3) is 0. The van der Waals surface area contributed by atoms with E-state index in [4.69, 9.17) is 47.0 Å². The predicted octanol–water partition coefficient (Wildman–Crippen LogP) is 3.60. The van der Waals surface area contributed by atoms with Crippen LogP contribution in [0.2, 0.25) is 15.1 Å². The van der Waals surface area contributed by atoms with Crippen LogP contribution in [0, 0.1) is 0 Å². The number of nitrogens with one attached hydrogen (secondary N) is 3. The molecule has 0 aliphatic carbocycles. The molecule has 0 bridgehead atoms. The first-order valence-electron chi connectivity index (χ1n) is 6.49. The van der Waals surface area contributed by atoms with Crippen LogP contribution in [0.5, 0.6) is 0 Å². The van der Waals surface area contributed by atoms with E-state index >= 15 is 0 Å². The number of carbonyl (C=O) groups excluding carboxylic acids is 2. The highest BCUT2D eigenvalue weighted by Crippen LogP contribution is 2.22. The normalized spacial score (nSPS) is 9.96. The first-order valence-corrected chi connectivity index (χ1v) is 8.03. The van der Waals surface area contributed by atoms with Gasteiger partial charge in [0.05, 0.1) is 10.0 Å². The van der Waals surface area contributed by atoms with Crippen LogP contribution < -0.4 is 16.2 Å². The van der Waals surface area contributed by atoms with Gasteiger partial charge in [-0.3, -0.25) is 25.8 Å². The van der Waals surface area contributed by atoms with Gasteiger partial charge in [-0.15, -0.1) is 0 Å². The van der Waals surface area contributed by atoms with E-state index < -0.39 is 11.8 Å². The molecule has 24 heavy (non-hydrogen) atoms. The number of carbonyl (C=O) groups is 2. The van der Waals surface area contributed by atoms with E-state index in [0.717, 1.165) is 0 Å². The molecule has 0 aromatic heterocycles. The van der Waals surface area contributed by atoms with E-state index in [-0.39, 0.29) is 15.7 Å². The second-order valence-electron chi connectivity index (χ2n) is 4.50. The molecule has 0 spiro atoms. The van der Waals surface area contributed by atoms with Gasteiger partial charge in [-0.2, -0.15) is 0 Å². The minimum atomic E-state index is -0.494. The molecule has 0 aliphatic heterocycles. The molecule has 2 aromatic rings. The van der Waals surface area contributed by atoms with Gasteiger partial charge in [0, 0.05) is 16.1 Å². The van der Waals surface area contributed by atoms with Crippen molar-refractivity contribution in [2.45, 2.75) is 0 Å². The summed E-state index contributed by atoms with van der Waals surface area (Å²) in [6, 6.07) is 10.7. The Morgan fingerprint density at radius 3 is 2.04 bits per heavy atom. The second kappa shape index (κ2) is 8.30. The van der Waals surface area contributed by atoms with Crippen LogP contribution in [0.3, 0.4) is 0 Å². The van der Waals surface area contributed by atoms with Crippen molar-refractivity contribution >= 4 is 63.9 Å². The van der Waals surface area contributed by atoms with Crippen molar-refractivity contribution in [3.05, 3.63) is 68.7 Å². The highest BCUT2D eigenvalue weighted by atomic mass is 35.5. The Morgan fingerprint density at radius 2 is 1.42 bits per heavy atom. The van der Waals surface area contributed by atoms with Gasteiger partial charge >= 0.3 is 0 Å². The fourth-order valence-electron chi connectivity index (χ4n) is 1.63. The summed E-state index contributed by atoms with van der Waals surface area (Å²) in [7, 11) is 0. The summed E-state index contributed by atoms with van der Waals surface area (Å²) >= 11 is 22.3. The van der Waals surface area contributed by atoms with Crippen molar-refractivity contribution in [3.63, 3.8) is 0 Å². The summed E-state index contributed by atoms with van der Waals surface area (Å²) in [5, 5.41) is 3.43. The van der Waals surface area contributed by atoms with Crippen LogP contribution in [0.15, 0.2) is 42.5 Å². The van der Waals surface area contributed by atoms with Crippen molar-refractivity contribution in [1.29, 1.82) is 0 Å². The predicted molar refractivity (Wildman–Crippen MR) is 98.6 cm³/mol. The molecule has 0 atom stereocenters. The highest BCUT2D eigenvalue weighted by Gasteiger charge is 2.11. The van der Waals surface area contributed by atoms with Crippen molar-refractivity contribution in [2.24, 2.45) is 0 Å². The average molecular weight is 403 g/mol. The molecule has 2 amide bonds. The number of benzene rings is 2. The molecule has 0 fully saturated rings. The standard InChI is InChI=1S/C15H10Cl3N3O2S/c16-10-4-1-8(2-5-10)14(23)20-21-15(24)19-13(22)9-3-6-11(17)12(18)7-9/h1-7H,(H,20,23)(H2,19,21,22,24). The van der Waals surface area contributed by atoms with Gasteiger partial charge in [0.25, 0.3) is 11.8 Å². The van der Waals surface area contributed by atoms with Crippen LogP contribution in [0.1, 0.15) is 20.7 Å². The molecular weight excluding hydrogens is 393 g/mol. The zero-order valence-corrected chi connectivity index (χ0v) is 15.0. The van der Waals surface area contributed by atoms with Crippen LogP contribution >= 0.6 is 47.0 Å². The quantitative estimate of drug-likeness (QED) is 0.530. The lowest BCUT2D eigenvalue weighted by atomic mass is 10.2. The number of halogens is 3. The Bertz CT molecular complexity index is 797. The van der Waals surface area contributed by atoms with E-state index in [1.807, 2.05) is 0 Å². The second-order valence-corrected chi connectivity index (χ2v) is 6.16. The third-order valence-electron chi connectivity index (χ3n) is 2.80. The number of hydrazine groups is 1. The molecule has 9 heteroatoms. The lowest BCUT2D eigenvalue weighted by Crippen LogP contribution is -2.48. The average Bonchev–Trinajstić information content (AvgIpc) is 2.55. The molecular formula is C15H10Cl3N3O2S. The van der Waals surface area contributed by atoms with Crippen LogP contribution in [-0.2, 0) is 0 Å². The number of hydrogen-bond donors (Lipinski definition) is 3. The van der Waals surface area contributed by atoms with Gasteiger partial charge in [-0.05, 0) is 54.7 Å². The van der Waals surface area contributed by atoms with Gasteiger partial charge in [0.1, 0.15) is 0 Å². The minimum absolute atomic E-state index is 0.0756. The van der Waals surface area contributed by atoms with E-state index in [9.17, 15) is 9.59 Å². The fourth-order valence-corrected chi connectivity index (χ4v) is 2.20. The summed E-state index contributed by atoms with van der Waals surface area (Å²) in [6.07, 6.45) is 0. The smallest absolute Gasteiger partial charge is 0.269 e. The molecule has 0 unspecified atom stereocenters. The van der Waals surface area contributed by atoms with Gasteiger partial charge in [-0.1, -0.05) is 34.8 Å². The summed E-state index contributed by atoms with van der Waals surface area (Å²) in [6.45, 7) is 0. The molecule has 5 nitrogen and oxygen atoms in total. The lowest BCUT2D eigenvalue weighted by Gasteiger charge is -2.11. The van der Waals surface area contributed by atoms with E-state index in [1.54, 1.807) is 24.3 Å². The zero-order chi connectivity index (χ0) is 17.7. The molecule has 0 saturated carbocycles. The minimum Gasteiger partial charge on any atom is -0.298 e. The molecule has 0 saturated heterocycles. The number of thiocarbonyl (C=S) groups is 1. The van der Waals surface area contributed by atoms with Crippen molar-refractivity contribution < 1.29 is 9.59 Å². The summed E-state index contributed by atoms with van der Waals surface area (Å²) < 4.78 is 0. The van der Waals surface area contributed by atoms with Gasteiger partial charge < -0.3 is 0 Å². The summed E-state index contributed by atoms with van der Waals surface area (Å²) in [5.41, 5.74) is 5.45. The molecule has 3 N–H and O–H groups in total. The third kappa shape index (κ3) is 5.07. The number of hydrogen-bond acceptors (Lipinski definition) is 3. The van der Waals surface area contributed by atoms with Crippen LogP contribution in [0.4, 0.5) is 0 Å². The third-order valence-corrected chi connectivity index (χ3v) is 4.00. The Hall–Kier alpha value is -1.86. The Labute approximate surface area is 158 Å². The van der Waals surface area contributed by atoms with Gasteiger partial charge in [0.2, 0.25) is 0 Å². The van der Waals surface area contributed by atoms with Crippen molar-refractivity contribution in [3.8, 4) is 0 Å². The number of amides is 2. The summed E-state index contributed by atoms with van der Waals surface area (Å²) in [5.74, 6) is -0.926. The molecule has 0 aliphatic rings. The monoisotopic (exact) mass is 401 g/mol. The van der Waals surface area contributed by atoms with Gasteiger partial charge in [0.15, 0.2) is 5.11 Å². The Morgan fingerprint density at radius 1 is 0.792 bits per heavy atom. The SMILES string of the molecule is O=C(NNC(=S)NC(=O)c1ccc(Cl)c(Cl)c1)c1ccc(Cl)cc1. The topological polar surface area (TPSA) is 70.2 Å². The Balaban J connectivity index is 1.88. The largest absolute Gasteiger partial charge is 0.298 e. The highest BCUT2D eigenvalue weighted by molar-refractivity contribution is 7.80. The first kappa shape index (κ1) is 18.5. The van der Waals surface area contributed by atoms with E-state index in [1.165, 1.54) is 18.2 Å². The maximum Gasteiger partial charge on any atom is 0.269 e. The molecule has 2 aromatic carbocycles. The van der Waals surface area contributed by atoms with Crippen LogP contribution in [-0.4, -0.2) is 16.9 Å². The Kier molecular flexibility index (Phi) is 6.39. The molecule has 124 valence electrons. The zero-order valence-electron chi connectivity index (χ0n) is 11.9. The molecule has 2 rings (SSSR count). The molecule has 0 heterocycles. The first-order chi connectivity index (χ1) is 11.4. The summed E-state index contributed by atoms with van der Waals surface area (Å²) in [4.78, 5) is 23.9. The van der Waals surface area contributed by atoms with Crippen LogP contribution in [0.25, 0.3) is 0 Å². The van der Waals surface area contributed by atoms with E-state index in [2.05, 4.69) is 16.2 Å². The van der Waals surface area contributed by atoms with E-state index in [0.29, 0.717) is 15.6 Å². The van der Waals surface area contributed by atoms with Crippen molar-refractivity contribution in [1.82, 2.24) is 16.2 Å². The van der Waals surface area contributed by atoms with Gasteiger partial charge in [-0.25, -0.2) is 0 Å². The molecule has 0 radical (unpaired) electrons. The van der Waals surface area contributed by atoms with Crippen molar-refractivity contribution in [2.75, 3.05) is 0 Å². The number of rotatable bonds is 2. The lowest BCUT2D eigenvalue weighted by molar-refractivity contribution is 0.0934. The maximum absolute atomic E-state index is 12.0. The maximum atomic E-state index is 12.0.